The largest absolute Gasteiger partial charge is 0.326 e. The number of carbonyl (C=O) groups is 1. The van der Waals surface area contributed by atoms with Gasteiger partial charge in [-0.05, 0) is 23.3 Å². The van der Waals surface area contributed by atoms with Crippen LogP contribution in [0.5, 0.6) is 0 Å². The Hall–Kier alpha value is -2.22. The Morgan fingerprint density at radius 1 is 0.920 bits per heavy atom. The van der Waals surface area contributed by atoms with Crippen molar-refractivity contribution in [2.45, 2.75) is 20.0 Å². The Balaban J connectivity index is 1.70. The van der Waals surface area contributed by atoms with Crippen LogP contribution in [0, 0.1) is 0 Å². The summed E-state index contributed by atoms with van der Waals surface area (Å²) in [6, 6.07) is 16.8. The molecule has 0 saturated carbocycles. The van der Waals surface area contributed by atoms with E-state index < -0.39 is 10.0 Å². The van der Waals surface area contributed by atoms with Gasteiger partial charge in [-0.2, -0.15) is 0 Å². The van der Waals surface area contributed by atoms with E-state index in [1.54, 1.807) is 0 Å². The van der Waals surface area contributed by atoms with Gasteiger partial charge in [-0.15, -0.1) is 0 Å². The third-order valence-corrected chi connectivity index (χ3v) is 4.82. The number of hydrogen-bond acceptors (Lipinski definition) is 4. The highest BCUT2D eigenvalue weighted by Crippen LogP contribution is 2.09. The third-order valence-electron chi connectivity index (χ3n) is 3.49. The molecule has 0 atom stereocenters. The SMILES string of the molecule is CC(=O)Nc1ccc(CNCCS(=O)(=O)NCc2ccccc2)cc1. The van der Waals surface area contributed by atoms with Crippen LogP contribution in [0.3, 0.4) is 0 Å². The van der Waals surface area contributed by atoms with Crippen molar-refractivity contribution in [1.82, 2.24) is 10.0 Å². The van der Waals surface area contributed by atoms with Gasteiger partial charge in [0.2, 0.25) is 15.9 Å². The average molecular weight is 361 g/mol. The molecule has 0 heterocycles. The number of hydrogen-bond donors (Lipinski definition) is 3. The lowest BCUT2D eigenvalue weighted by molar-refractivity contribution is -0.114. The van der Waals surface area contributed by atoms with Crippen molar-refractivity contribution in [3.8, 4) is 0 Å². The number of anilines is 1. The van der Waals surface area contributed by atoms with Crippen LogP contribution in [0.1, 0.15) is 18.1 Å². The fourth-order valence-corrected chi connectivity index (χ4v) is 3.15. The monoisotopic (exact) mass is 361 g/mol. The Bertz CT molecular complexity index is 775. The minimum absolute atomic E-state index is 0.0177. The molecular formula is C18H23N3O3S. The van der Waals surface area contributed by atoms with Gasteiger partial charge in [-0.25, -0.2) is 13.1 Å². The lowest BCUT2D eigenvalue weighted by atomic mass is 10.2. The number of amides is 1. The second kappa shape index (κ2) is 9.31. The summed E-state index contributed by atoms with van der Waals surface area (Å²) in [7, 11) is -3.31. The zero-order valence-corrected chi connectivity index (χ0v) is 15.0. The molecule has 0 saturated heterocycles. The molecule has 0 fully saturated rings. The fourth-order valence-electron chi connectivity index (χ4n) is 2.21. The van der Waals surface area contributed by atoms with Gasteiger partial charge in [0.05, 0.1) is 5.75 Å². The van der Waals surface area contributed by atoms with E-state index in [0.717, 1.165) is 16.8 Å². The van der Waals surface area contributed by atoms with Crippen LogP contribution in [0.2, 0.25) is 0 Å². The minimum Gasteiger partial charge on any atom is -0.326 e. The van der Waals surface area contributed by atoms with Gasteiger partial charge in [0.1, 0.15) is 0 Å². The average Bonchev–Trinajstić information content (AvgIpc) is 2.59. The van der Waals surface area contributed by atoms with Gasteiger partial charge in [0.15, 0.2) is 0 Å². The van der Waals surface area contributed by atoms with Crippen molar-refractivity contribution in [2.75, 3.05) is 17.6 Å². The molecule has 0 aliphatic rings. The zero-order chi connectivity index (χ0) is 18.1. The predicted molar refractivity (Wildman–Crippen MR) is 99.5 cm³/mol. The molecule has 0 spiro atoms. The molecule has 2 aromatic rings. The Labute approximate surface area is 148 Å². The molecule has 0 unspecified atom stereocenters. The smallest absolute Gasteiger partial charge is 0.221 e. The summed E-state index contributed by atoms with van der Waals surface area (Å²) in [5.41, 5.74) is 2.69. The lowest BCUT2D eigenvalue weighted by Crippen LogP contribution is -2.31. The first kappa shape index (κ1) is 19.1. The summed E-state index contributed by atoms with van der Waals surface area (Å²) in [4.78, 5) is 11.0. The predicted octanol–water partition coefficient (Wildman–Crippen LogP) is 1.85. The molecule has 1 amide bonds. The van der Waals surface area contributed by atoms with Crippen LogP contribution >= 0.6 is 0 Å². The molecule has 0 bridgehead atoms. The van der Waals surface area contributed by atoms with E-state index in [1.165, 1.54) is 6.92 Å². The second-order valence-corrected chi connectivity index (χ2v) is 7.61. The summed E-state index contributed by atoms with van der Waals surface area (Å²) in [6.45, 7) is 2.68. The van der Waals surface area contributed by atoms with Crippen LogP contribution in [0.15, 0.2) is 54.6 Å². The standard InChI is InChI=1S/C18H23N3O3S/c1-15(22)21-18-9-7-17(8-10-18)13-19-11-12-25(23,24)20-14-16-5-3-2-4-6-16/h2-10,19-20H,11-14H2,1H3,(H,21,22). The van der Waals surface area contributed by atoms with Crippen molar-refractivity contribution in [3.63, 3.8) is 0 Å². The highest BCUT2D eigenvalue weighted by Gasteiger charge is 2.09. The summed E-state index contributed by atoms with van der Waals surface area (Å²) >= 11 is 0. The van der Waals surface area contributed by atoms with Crippen molar-refractivity contribution >= 4 is 21.6 Å². The molecular weight excluding hydrogens is 338 g/mol. The van der Waals surface area contributed by atoms with E-state index in [-0.39, 0.29) is 11.7 Å². The van der Waals surface area contributed by atoms with Gasteiger partial charge in [-0.3, -0.25) is 4.79 Å². The second-order valence-electron chi connectivity index (χ2n) is 5.68. The third kappa shape index (κ3) is 7.47. The van der Waals surface area contributed by atoms with Gasteiger partial charge in [0, 0.05) is 32.2 Å². The molecule has 6 nitrogen and oxygen atoms in total. The maximum absolute atomic E-state index is 12.0. The Morgan fingerprint density at radius 2 is 1.56 bits per heavy atom. The van der Waals surface area contributed by atoms with Crippen molar-refractivity contribution in [1.29, 1.82) is 0 Å². The summed E-state index contributed by atoms with van der Waals surface area (Å²) < 4.78 is 26.5. The summed E-state index contributed by atoms with van der Waals surface area (Å²) in [5, 5.41) is 5.81. The minimum atomic E-state index is -3.31. The first-order chi connectivity index (χ1) is 11.9. The summed E-state index contributed by atoms with van der Waals surface area (Å²) in [6.07, 6.45) is 0. The molecule has 7 heteroatoms. The van der Waals surface area contributed by atoms with Crippen LogP contribution in [0.4, 0.5) is 5.69 Å². The van der Waals surface area contributed by atoms with E-state index in [1.807, 2.05) is 54.6 Å². The van der Waals surface area contributed by atoms with Crippen molar-refractivity contribution < 1.29 is 13.2 Å². The number of nitrogens with one attached hydrogen (secondary N) is 3. The van der Waals surface area contributed by atoms with E-state index in [0.29, 0.717) is 19.6 Å². The van der Waals surface area contributed by atoms with E-state index >= 15 is 0 Å². The van der Waals surface area contributed by atoms with Gasteiger partial charge >= 0.3 is 0 Å². The van der Waals surface area contributed by atoms with Gasteiger partial charge in [-0.1, -0.05) is 42.5 Å². The fraction of sp³-hybridized carbons (Fsp3) is 0.278. The highest BCUT2D eigenvalue weighted by molar-refractivity contribution is 7.89. The highest BCUT2D eigenvalue weighted by atomic mass is 32.2. The first-order valence-corrected chi connectivity index (χ1v) is 9.68. The zero-order valence-electron chi connectivity index (χ0n) is 14.2. The van der Waals surface area contributed by atoms with Crippen LogP contribution in [-0.2, 0) is 27.9 Å². The molecule has 0 aliphatic heterocycles. The van der Waals surface area contributed by atoms with E-state index in [4.69, 9.17) is 0 Å². The quantitative estimate of drug-likeness (QED) is 0.595. The van der Waals surface area contributed by atoms with Crippen molar-refractivity contribution in [3.05, 3.63) is 65.7 Å². The molecule has 134 valence electrons. The molecule has 0 aliphatic carbocycles. The number of carbonyl (C=O) groups excluding carboxylic acids is 1. The van der Waals surface area contributed by atoms with Crippen LogP contribution < -0.4 is 15.4 Å². The summed E-state index contributed by atoms with van der Waals surface area (Å²) in [5.74, 6) is -0.0943. The molecule has 25 heavy (non-hydrogen) atoms. The Morgan fingerprint density at radius 3 is 2.20 bits per heavy atom. The maximum atomic E-state index is 12.0. The topological polar surface area (TPSA) is 87.3 Å². The first-order valence-electron chi connectivity index (χ1n) is 8.03. The van der Waals surface area contributed by atoms with Crippen molar-refractivity contribution in [2.24, 2.45) is 0 Å². The van der Waals surface area contributed by atoms with Gasteiger partial charge in [0.25, 0.3) is 0 Å². The molecule has 0 radical (unpaired) electrons. The molecule has 2 rings (SSSR count). The van der Waals surface area contributed by atoms with Crippen LogP contribution in [0.25, 0.3) is 0 Å². The molecule has 2 aromatic carbocycles. The number of rotatable bonds is 9. The molecule has 0 aromatic heterocycles. The van der Waals surface area contributed by atoms with Crippen LogP contribution in [-0.4, -0.2) is 26.6 Å². The number of benzene rings is 2. The van der Waals surface area contributed by atoms with E-state index in [2.05, 4.69) is 15.4 Å². The maximum Gasteiger partial charge on any atom is 0.221 e. The Kier molecular flexibility index (Phi) is 7.12. The number of sulfonamides is 1. The lowest BCUT2D eigenvalue weighted by Gasteiger charge is -2.09. The van der Waals surface area contributed by atoms with E-state index in [9.17, 15) is 13.2 Å². The normalized spacial score (nSPS) is 11.2. The van der Waals surface area contributed by atoms with Gasteiger partial charge < -0.3 is 10.6 Å². The molecule has 3 N–H and O–H groups in total.